The second-order valence-corrected chi connectivity index (χ2v) is 10.6. The highest BCUT2D eigenvalue weighted by atomic mass is 19.1. The van der Waals surface area contributed by atoms with Crippen LogP contribution < -0.4 is 4.74 Å². The number of ether oxygens (including phenoxy) is 1. The zero-order valence-electron chi connectivity index (χ0n) is 20.5. The van der Waals surface area contributed by atoms with Crippen LogP contribution in [-0.2, 0) is 0 Å². The largest absolute Gasteiger partial charge is 0.488 e. The van der Waals surface area contributed by atoms with Gasteiger partial charge in [0.2, 0.25) is 0 Å². The van der Waals surface area contributed by atoms with Gasteiger partial charge in [0.1, 0.15) is 0 Å². The summed E-state index contributed by atoms with van der Waals surface area (Å²) in [5, 5.41) is 0. The minimum Gasteiger partial charge on any atom is -0.488 e. The van der Waals surface area contributed by atoms with Crippen LogP contribution in [0.15, 0.2) is 18.2 Å². The molecule has 2 aliphatic carbocycles. The van der Waals surface area contributed by atoms with Gasteiger partial charge in [0.05, 0.1) is 6.10 Å². The molecule has 0 saturated heterocycles. The first-order chi connectivity index (χ1) is 15.1. The number of halogens is 1. The molecule has 2 heteroatoms. The number of unbranched alkanes of at least 4 members (excludes halogenated alkanes) is 3. The summed E-state index contributed by atoms with van der Waals surface area (Å²) >= 11 is 0. The van der Waals surface area contributed by atoms with E-state index in [-0.39, 0.29) is 11.9 Å². The van der Waals surface area contributed by atoms with Crippen LogP contribution >= 0.6 is 0 Å². The van der Waals surface area contributed by atoms with Crippen molar-refractivity contribution in [3.63, 3.8) is 0 Å². The second kappa shape index (κ2) is 12.9. The van der Waals surface area contributed by atoms with Gasteiger partial charge < -0.3 is 4.74 Å². The monoisotopic (exact) mass is 430 g/mol. The lowest BCUT2D eigenvalue weighted by Crippen LogP contribution is -2.25. The lowest BCUT2D eigenvalue weighted by molar-refractivity contribution is 0.156. The molecule has 0 spiro atoms. The van der Waals surface area contributed by atoms with Gasteiger partial charge in [-0.15, -0.1) is 0 Å². The summed E-state index contributed by atoms with van der Waals surface area (Å²) in [5.74, 6) is 3.67. The van der Waals surface area contributed by atoms with E-state index in [1.54, 1.807) is 6.07 Å². The molecular formula is C29H47FO. The summed E-state index contributed by atoms with van der Waals surface area (Å²) in [5.41, 5.74) is 1.19. The van der Waals surface area contributed by atoms with Crippen molar-refractivity contribution in [2.75, 3.05) is 0 Å². The van der Waals surface area contributed by atoms with Crippen molar-refractivity contribution in [1.29, 1.82) is 0 Å². The quantitative estimate of drug-likeness (QED) is 0.318. The van der Waals surface area contributed by atoms with E-state index in [1.807, 2.05) is 6.07 Å². The number of benzene rings is 1. The van der Waals surface area contributed by atoms with Crippen molar-refractivity contribution in [1.82, 2.24) is 0 Å². The molecule has 1 nitrogen and oxygen atoms in total. The lowest BCUT2D eigenvalue weighted by atomic mass is 9.68. The van der Waals surface area contributed by atoms with Gasteiger partial charge in [-0.3, -0.25) is 0 Å². The van der Waals surface area contributed by atoms with E-state index in [0.717, 1.165) is 30.6 Å². The first kappa shape index (κ1) is 24.6. The Morgan fingerprint density at radius 1 is 0.871 bits per heavy atom. The molecule has 1 aromatic rings. The van der Waals surface area contributed by atoms with Gasteiger partial charge in [-0.05, 0) is 99.7 Å². The minimum atomic E-state index is -0.172. The van der Waals surface area contributed by atoms with Crippen LogP contribution in [0.5, 0.6) is 5.75 Å². The van der Waals surface area contributed by atoms with Gasteiger partial charge in [-0.2, -0.15) is 0 Å². The van der Waals surface area contributed by atoms with Crippen LogP contribution in [0.4, 0.5) is 4.39 Å². The third-order valence-electron chi connectivity index (χ3n) is 8.25. The Morgan fingerprint density at radius 2 is 1.55 bits per heavy atom. The van der Waals surface area contributed by atoms with E-state index in [9.17, 15) is 4.39 Å². The molecule has 2 aliphatic rings. The molecule has 31 heavy (non-hydrogen) atoms. The molecule has 0 bridgehead atoms. The van der Waals surface area contributed by atoms with E-state index < -0.39 is 0 Å². The summed E-state index contributed by atoms with van der Waals surface area (Å²) in [6, 6.07) is 5.78. The van der Waals surface area contributed by atoms with E-state index in [0.29, 0.717) is 11.7 Å². The van der Waals surface area contributed by atoms with E-state index >= 15 is 0 Å². The third kappa shape index (κ3) is 7.50. The van der Waals surface area contributed by atoms with Crippen LogP contribution in [-0.4, -0.2) is 6.10 Å². The minimum absolute atomic E-state index is 0.0834. The number of hydrogen-bond acceptors (Lipinski definition) is 1. The highest BCUT2D eigenvalue weighted by Gasteiger charge is 2.31. The molecule has 0 aromatic heterocycles. The second-order valence-electron chi connectivity index (χ2n) is 10.6. The van der Waals surface area contributed by atoms with Crippen molar-refractivity contribution in [2.45, 2.75) is 129 Å². The zero-order valence-corrected chi connectivity index (χ0v) is 20.5. The molecule has 1 unspecified atom stereocenters. The molecule has 2 saturated carbocycles. The molecule has 2 fully saturated rings. The molecule has 3 rings (SSSR count). The van der Waals surface area contributed by atoms with Crippen LogP contribution in [0, 0.1) is 23.6 Å². The molecule has 0 heterocycles. The van der Waals surface area contributed by atoms with Crippen LogP contribution in [0.3, 0.4) is 0 Å². The smallest absolute Gasteiger partial charge is 0.165 e. The van der Waals surface area contributed by atoms with Crippen molar-refractivity contribution < 1.29 is 9.13 Å². The zero-order chi connectivity index (χ0) is 22.1. The van der Waals surface area contributed by atoms with Crippen molar-refractivity contribution in [2.24, 2.45) is 17.8 Å². The maximum Gasteiger partial charge on any atom is 0.165 e. The number of hydrogen-bond donors (Lipinski definition) is 0. The Morgan fingerprint density at radius 3 is 2.16 bits per heavy atom. The van der Waals surface area contributed by atoms with E-state index in [1.165, 1.54) is 89.0 Å². The third-order valence-corrected chi connectivity index (χ3v) is 8.25. The Hall–Kier alpha value is -1.05. The van der Waals surface area contributed by atoms with Gasteiger partial charge in [0.15, 0.2) is 11.6 Å². The molecule has 0 aliphatic heterocycles. The average molecular weight is 431 g/mol. The van der Waals surface area contributed by atoms with Crippen molar-refractivity contribution >= 4 is 0 Å². The van der Waals surface area contributed by atoms with E-state index in [2.05, 4.69) is 26.8 Å². The van der Waals surface area contributed by atoms with E-state index in [4.69, 9.17) is 4.74 Å². The highest BCUT2D eigenvalue weighted by molar-refractivity contribution is 5.31. The van der Waals surface area contributed by atoms with Gasteiger partial charge in [-0.1, -0.05) is 64.9 Å². The maximum atomic E-state index is 14.8. The van der Waals surface area contributed by atoms with Gasteiger partial charge in [0.25, 0.3) is 0 Å². The molecule has 176 valence electrons. The Labute approximate surface area is 191 Å². The molecule has 1 aromatic carbocycles. The standard InChI is InChI=1S/C29H47FO/c1-4-6-7-8-10-22(3)31-29-20-19-27(21-28(29)30)26-17-15-25(16-18-26)24-13-11-23(9-5-2)12-14-24/h19-26H,4-18H2,1-3H3. The fourth-order valence-corrected chi connectivity index (χ4v) is 6.28. The lowest BCUT2D eigenvalue weighted by Gasteiger charge is -2.38. The average Bonchev–Trinajstić information content (AvgIpc) is 2.79. The normalized spacial score (nSPS) is 27.7. The van der Waals surface area contributed by atoms with Gasteiger partial charge in [-0.25, -0.2) is 4.39 Å². The maximum absolute atomic E-state index is 14.8. The molecular weight excluding hydrogens is 383 g/mol. The molecule has 0 N–H and O–H groups in total. The molecule has 0 amide bonds. The summed E-state index contributed by atoms with van der Waals surface area (Å²) < 4.78 is 20.7. The van der Waals surface area contributed by atoms with Crippen LogP contribution in [0.25, 0.3) is 0 Å². The Balaban J connectivity index is 1.44. The Kier molecular flexibility index (Phi) is 10.2. The predicted octanol–water partition coefficient (Wildman–Crippen LogP) is 9.44. The summed E-state index contributed by atoms with van der Waals surface area (Å²) in [6.45, 7) is 6.61. The molecule has 1 atom stereocenters. The van der Waals surface area contributed by atoms with Crippen LogP contribution in [0.2, 0.25) is 0 Å². The first-order valence-corrected chi connectivity index (χ1v) is 13.6. The Bertz CT molecular complexity index is 626. The SMILES string of the molecule is CCCCCCC(C)Oc1ccc(C2CCC(C3CCC(CCC)CC3)CC2)cc1F. The predicted molar refractivity (Wildman–Crippen MR) is 130 cm³/mol. The topological polar surface area (TPSA) is 9.23 Å². The highest BCUT2D eigenvalue weighted by Crippen LogP contribution is 2.44. The molecule has 0 radical (unpaired) electrons. The fraction of sp³-hybridized carbons (Fsp3) is 0.793. The summed E-state index contributed by atoms with van der Waals surface area (Å²) in [4.78, 5) is 0. The van der Waals surface area contributed by atoms with Gasteiger partial charge in [0, 0.05) is 0 Å². The summed E-state index contributed by atoms with van der Waals surface area (Å²) in [6.07, 6.45) is 19.8. The fourth-order valence-electron chi connectivity index (χ4n) is 6.28. The van der Waals surface area contributed by atoms with Crippen LogP contribution in [0.1, 0.15) is 129 Å². The first-order valence-electron chi connectivity index (χ1n) is 13.6. The number of rotatable bonds is 11. The summed E-state index contributed by atoms with van der Waals surface area (Å²) in [7, 11) is 0. The van der Waals surface area contributed by atoms with Gasteiger partial charge >= 0.3 is 0 Å². The van der Waals surface area contributed by atoms with Crippen molar-refractivity contribution in [3.05, 3.63) is 29.6 Å². The van der Waals surface area contributed by atoms with Crippen molar-refractivity contribution in [3.8, 4) is 5.75 Å².